The van der Waals surface area contributed by atoms with Crippen LogP contribution in [0.15, 0.2) is 28.7 Å². The summed E-state index contributed by atoms with van der Waals surface area (Å²) in [6, 6.07) is 8.28. The second-order valence-electron chi connectivity index (χ2n) is 5.77. The van der Waals surface area contributed by atoms with Crippen LogP contribution < -0.4 is 0 Å². The van der Waals surface area contributed by atoms with Crippen molar-refractivity contribution in [3.8, 4) is 0 Å². The Balaban J connectivity index is 2.09. The molecule has 0 amide bonds. The van der Waals surface area contributed by atoms with Gasteiger partial charge in [0.25, 0.3) is 0 Å². The molecule has 0 saturated heterocycles. The Morgan fingerprint density at radius 1 is 1.24 bits per heavy atom. The molecule has 0 fully saturated rings. The number of rotatable bonds is 6. The maximum Gasteiger partial charge on any atom is 0.373 e. The zero-order chi connectivity index (χ0) is 15.4. The minimum atomic E-state index is -1.04. The van der Waals surface area contributed by atoms with Crippen LogP contribution in [0.3, 0.4) is 0 Å². The number of hydrogen-bond donors (Lipinski definition) is 1. The number of aromatic nitrogens is 1. The fourth-order valence-electron chi connectivity index (χ4n) is 2.21. The van der Waals surface area contributed by atoms with E-state index < -0.39 is 5.97 Å². The first kappa shape index (κ1) is 15.3. The molecule has 0 spiro atoms. The average Bonchev–Trinajstić information content (AvgIpc) is 2.80. The molecule has 0 aliphatic heterocycles. The maximum absolute atomic E-state index is 11.2. The van der Waals surface area contributed by atoms with E-state index in [0.717, 1.165) is 6.42 Å². The van der Waals surface area contributed by atoms with Crippen LogP contribution in [0.25, 0.3) is 0 Å². The van der Waals surface area contributed by atoms with Crippen molar-refractivity contribution < 1.29 is 14.3 Å². The summed E-state index contributed by atoms with van der Waals surface area (Å²) in [7, 11) is 0. The zero-order valence-electron chi connectivity index (χ0n) is 12.7. The lowest BCUT2D eigenvalue weighted by Gasteiger charge is -2.00. The molecule has 1 aromatic carbocycles. The number of aromatic carboxylic acids is 1. The highest BCUT2D eigenvalue weighted by atomic mass is 16.4. The molecule has 0 atom stereocenters. The highest BCUT2D eigenvalue weighted by Crippen LogP contribution is 2.17. The normalized spacial score (nSPS) is 11.0. The lowest BCUT2D eigenvalue weighted by Crippen LogP contribution is -2.03. The van der Waals surface area contributed by atoms with Gasteiger partial charge in [0, 0.05) is 6.42 Å². The topological polar surface area (TPSA) is 63.3 Å². The summed E-state index contributed by atoms with van der Waals surface area (Å²) in [5.41, 5.74) is 2.97. The van der Waals surface area contributed by atoms with Crippen molar-refractivity contribution in [2.45, 2.75) is 40.0 Å². The number of oxazole rings is 1. The van der Waals surface area contributed by atoms with Gasteiger partial charge in [-0.1, -0.05) is 43.7 Å². The first-order valence-corrected chi connectivity index (χ1v) is 7.23. The van der Waals surface area contributed by atoms with E-state index in [9.17, 15) is 9.90 Å². The Bertz CT molecular complexity index is 611. The molecule has 1 aromatic heterocycles. The smallest absolute Gasteiger partial charge is 0.373 e. The predicted molar refractivity (Wildman–Crippen MR) is 80.6 cm³/mol. The Morgan fingerprint density at radius 3 is 2.48 bits per heavy atom. The number of hydrogen-bond acceptors (Lipinski definition) is 3. The molecule has 1 N–H and O–H groups in total. The van der Waals surface area contributed by atoms with E-state index in [1.807, 2.05) is 13.8 Å². The second kappa shape index (κ2) is 6.57. The van der Waals surface area contributed by atoms with Gasteiger partial charge in [0.15, 0.2) is 5.89 Å². The maximum atomic E-state index is 11.2. The van der Waals surface area contributed by atoms with Gasteiger partial charge in [-0.2, -0.15) is 0 Å². The standard InChI is InChI=1S/C17H21NO3/c1-11(2)10-14-16(17(19)20)21-15(18-14)9-8-13-6-4-12(3)5-7-13/h4-7,11H,8-10H2,1-3H3,(H,19,20). The van der Waals surface area contributed by atoms with Crippen LogP contribution in [0, 0.1) is 12.8 Å². The minimum absolute atomic E-state index is 0.0115. The van der Waals surface area contributed by atoms with Gasteiger partial charge in [-0.15, -0.1) is 0 Å². The van der Waals surface area contributed by atoms with Gasteiger partial charge >= 0.3 is 5.97 Å². The van der Waals surface area contributed by atoms with Crippen molar-refractivity contribution in [3.63, 3.8) is 0 Å². The van der Waals surface area contributed by atoms with E-state index in [2.05, 4.69) is 36.2 Å². The SMILES string of the molecule is Cc1ccc(CCc2nc(CC(C)C)c(C(=O)O)o2)cc1. The molecule has 0 saturated carbocycles. The Hall–Kier alpha value is -2.10. The highest BCUT2D eigenvalue weighted by molar-refractivity contribution is 5.85. The van der Waals surface area contributed by atoms with Gasteiger partial charge in [0.2, 0.25) is 5.76 Å². The van der Waals surface area contributed by atoms with Crippen molar-refractivity contribution in [3.05, 3.63) is 52.7 Å². The number of carboxylic acids is 1. The van der Waals surface area contributed by atoms with Crippen molar-refractivity contribution >= 4 is 5.97 Å². The molecule has 0 bridgehead atoms. The van der Waals surface area contributed by atoms with Gasteiger partial charge < -0.3 is 9.52 Å². The van der Waals surface area contributed by atoms with Gasteiger partial charge in [-0.25, -0.2) is 9.78 Å². The van der Waals surface area contributed by atoms with Crippen LogP contribution >= 0.6 is 0 Å². The van der Waals surface area contributed by atoms with Crippen molar-refractivity contribution in [1.29, 1.82) is 0 Å². The van der Waals surface area contributed by atoms with E-state index in [4.69, 9.17) is 4.42 Å². The van der Waals surface area contributed by atoms with Crippen molar-refractivity contribution in [1.82, 2.24) is 4.98 Å². The van der Waals surface area contributed by atoms with Gasteiger partial charge in [-0.3, -0.25) is 0 Å². The van der Waals surface area contributed by atoms with Crippen molar-refractivity contribution in [2.24, 2.45) is 5.92 Å². The fourth-order valence-corrected chi connectivity index (χ4v) is 2.21. The van der Waals surface area contributed by atoms with E-state index in [1.54, 1.807) is 0 Å². The zero-order valence-corrected chi connectivity index (χ0v) is 12.7. The number of aryl methyl sites for hydroxylation is 3. The van der Waals surface area contributed by atoms with E-state index in [-0.39, 0.29) is 5.76 Å². The highest BCUT2D eigenvalue weighted by Gasteiger charge is 2.20. The van der Waals surface area contributed by atoms with Crippen LogP contribution in [-0.4, -0.2) is 16.1 Å². The van der Waals surface area contributed by atoms with Gasteiger partial charge in [0.1, 0.15) is 0 Å². The van der Waals surface area contributed by atoms with Crippen LogP contribution in [0.5, 0.6) is 0 Å². The number of benzene rings is 1. The molecule has 4 heteroatoms. The van der Waals surface area contributed by atoms with E-state index in [0.29, 0.717) is 30.3 Å². The minimum Gasteiger partial charge on any atom is -0.475 e. The summed E-state index contributed by atoms with van der Waals surface area (Å²) in [6.45, 7) is 6.12. The molecule has 2 rings (SSSR count). The monoisotopic (exact) mass is 287 g/mol. The summed E-state index contributed by atoms with van der Waals surface area (Å²) in [5, 5.41) is 9.17. The number of carbonyl (C=O) groups is 1. The molecule has 2 aromatic rings. The largest absolute Gasteiger partial charge is 0.475 e. The molecule has 4 nitrogen and oxygen atoms in total. The fraction of sp³-hybridized carbons (Fsp3) is 0.412. The van der Waals surface area contributed by atoms with Gasteiger partial charge in [0.05, 0.1) is 5.69 Å². The number of carboxylic acid groups (broad SMARTS) is 1. The van der Waals surface area contributed by atoms with Crippen molar-refractivity contribution in [2.75, 3.05) is 0 Å². The summed E-state index contributed by atoms with van der Waals surface area (Å²) >= 11 is 0. The molecule has 0 aliphatic rings. The number of nitrogens with zero attached hydrogens (tertiary/aromatic N) is 1. The summed E-state index contributed by atoms with van der Waals surface area (Å²) in [4.78, 5) is 15.6. The molecule has 1 heterocycles. The van der Waals surface area contributed by atoms with Crippen LogP contribution in [0.1, 0.15) is 47.1 Å². The Kier molecular flexibility index (Phi) is 4.78. The van der Waals surface area contributed by atoms with Crippen LogP contribution in [-0.2, 0) is 19.3 Å². The predicted octanol–water partition coefficient (Wildman–Crippen LogP) is 3.66. The van der Waals surface area contributed by atoms with E-state index in [1.165, 1.54) is 11.1 Å². The Morgan fingerprint density at radius 2 is 1.90 bits per heavy atom. The summed E-state index contributed by atoms with van der Waals surface area (Å²) in [5.74, 6) is -0.205. The second-order valence-corrected chi connectivity index (χ2v) is 5.77. The Labute approximate surface area is 124 Å². The first-order valence-electron chi connectivity index (χ1n) is 7.23. The molecular weight excluding hydrogens is 266 g/mol. The third-order valence-electron chi connectivity index (χ3n) is 3.29. The first-order chi connectivity index (χ1) is 9.95. The quantitative estimate of drug-likeness (QED) is 0.880. The van der Waals surface area contributed by atoms with Crippen LogP contribution in [0.2, 0.25) is 0 Å². The summed E-state index contributed by atoms with van der Waals surface area (Å²) < 4.78 is 5.41. The summed E-state index contributed by atoms with van der Waals surface area (Å²) in [6.07, 6.45) is 2.03. The average molecular weight is 287 g/mol. The molecule has 0 unspecified atom stereocenters. The van der Waals surface area contributed by atoms with E-state index >= 15 is 0 Å². The lowest BCUT2D eigenvalue weighted by molar-refractivity contribution is 0.0658. The lowest BCUT2D eigenvalue weighted by atomic mass is 10.1. The third-order valence-corrected chi connectivity index (χ3v) is 3.29. The van der Waals surface area contributed by atoms with Crippen LogP contribution in [0.4, 0.5) is 0 Å². The van der Waals surface area contributed by atoms with Gasteiger partial charge in [-0.05, 0) is 31.2 Å². The molecule has 112 valence electrons. The third kappa shape index (κ3) is 4.18. The molecular formula is C17H21NO3. The molecule has 0 aliphatic carbocycles. The molecule has 0 radical (unpaired) electrons. The molecule has 21 heavy (non-hydrogen) atoms.